The van der Waals surface area contributed by atoms with E-state index in [9.17, 15) is 5.11 Å². The number of likely N-dealkylation sites (tertiary alicyclic amines) is 1. The lowest BCUT2D eigenvalue weighted by Crippen LogP contribution is -2.36. The van der Waals surface area contributed by atoms with E-state index in [1.807, 2.05) is 0 Å². The second-order valence-corrected chi connectivity index (χ2v) is 6.24. The molecule has 0 saturated carbocycles. The molecule has 0 radical (unpaired) electrons. The summed E-state index contributed by atoms with van der Waals surface area (Å²) in [5.41, 5.74) is 0. The van der Waals surface area contributed by atoms with Crippen LogP contribution in [0.25, 0.3) is 0 Å². The summed E-state index contributed by atoms with van der Waals surface area (Å²) >= 11 is 0. The third-order valence-corrected chi connectivity index (χ3v) is 4.87. The zero-order valence-electron chi connectivity index (χ0n) is 12.5. The summed E-state index contributed by atoms with van der Waals surface area (Å²) in [5.74, 6) is 2.87. The van der Waals surface area contributed by atoms with Gasteiger partial charge < -0.3 is 14.6 Å². The van der Waals surface area contributed by atoms with Gasteiger partial charge in [0.05, 0.1) is 12.6 Å². The van der Waals surface area contributed by atoms with Gasteiger partial charge in [0.25, 0.3) is 0 Å². The van der Waals surface area contributed by atoms with Crippen molar-refractivity contribution in [3.8, 4) is 0 Å². The van der Waals surface area contributed by atoms with E-state index >= 15 is 0 Å². The third kappa shape index (κ3) is 2.74. The summed E-state index contributed by atoms with van der Waals surface area (Å²) in [6.45, 7) is 6.02. The van der Waals surface area contributed by atoms with Crippen LogP contribution in [0.1, 0.15) is 50.3 Å². The highest BCUT2D eigenvalue weighted by atomic mass is 16.3. The van der Waals surface area contributed by atoms with Gasteiger partial charge in [0, 0.05) is 19.4 Å². The largest absolute Gasteiger partial charge is 0.394 e. The lowest BCUT2D eigenvalue weighted by Gasteiger charge is -2.32. The topological polar surface area (TPSA) is 54.2 Å². The Morgan fingerprint density at radius 1 is 1.25 bits per heavy atom. The van der Waals surface area contributed by atoms with Crippen LogP contribution in [-0.4, -0.2) is 51.0 Å². The van der Waals surface area contributed by atoms with Gasteiger partial charge >= 0.3 is 0 Å². The first kappa shape index (κ1) is 14.0. The van der Waals surface area contributed by atoms with Crippen molar-refractivity contribution in [2.75, 3.05) is 26.2 Å². The van der Waals surface area contributed by atoms with Crippen LogP contribution in [0.15, 0.2) is 0 Å². The molecule has 2 aliphatic heterocycles. The average Bonchev–Trinajstić information content (AvgIpc) is 2.90. The Kier molecular flexibility index (Phi) is 4.36. The minimum Gasteiger partial charge on any atom is -0.394 e. The summed E-state index contributed by atoms with van der Waals surface area (Å²) in [6, 6.07) is 0.203. The number of nitrogens with zero attached hydrogens (tertiary/aromatic N) is 4. The molecule has 112 valence electrons. The quantitative estimate of drug-likeness (QED) is 0.905. The number of rotatable bonds is 4. The Morgan fingerprint density at radius 3 is 2.95 bits per heavy atom. The Balaban J connectivity index is 1.73. The molecule has 5 heteroatoms. The number of hydrogen-bond acceptors (Lipinski definition) is 4. The van der Waals surface area contributed by atoms with E-state index in [4.69, 9.17) is 0 Å². The number of fused-ring (bicyclic) bond motifs is 1. The van der Waals surface area contributed by atoms with Crippen molar-refractivity contribution in [3.63, 3.8) is 0 Å². The molecule has 1 fully saturated rings. The third-order valence-electron chi connectivity index (χ3n) is 4.87. The fourth-order valence-electron chi connectivity index (χ4n) is 3.75. The van der Waals surface area contributed by atoms with E-state index in [1.165, 1.54) is 25.9 Å². The molecule has 2 aliphatic rings. The standard InChI is InChI=1S/C15H26N4O/c1-2-18-8-4-5-12(10-18)9-15-17-16-14-7-3-6-13(11-20)19(14)15/h12-13,20H,2-11H2,1H3. The summed E-state index contributed by atoms with van der Waals surface area (Å²) in [5, 5.41) is 18.4. The highest BCUT2D eigenvalue weighted by Gasteiger charge is 2.27. The van der Waals surface area contributed by atoms with Crippen molar-refractivity contribution in [1.29, 1.82) is 0 Å². The minimum absolute atomic E-state index is 0.203. The number of aliphatic hydroxyl groups excluding tert-OH is 1. The molecule has 1 saturated heterocycles. The maximum atomic E-state index is 9.58. The minimum atomic E-state index is 0.203. The first-order valence-electron chi connectivity index (χ1n) is 8.07. The number of aromatic nitrogens is 3. The predicted molar refractivity (Wildman–Crippen MR) is 77.6 cm³/mol. The SMILES string of the molecule is CCN1CCCC(Cc2nnc3n2C(CO)CCC3)C1. The van der Waals surface area contributed by atoms with Gasteiger partial charge in [-0.3, -0.25) is 0 Å². The van der Waals surface area contributed by atoms with Crippen molar-refractivity contribution < 1.29 is 5.11 Å². The van der Waals surface area contributed by atoms with Crippen molar-refractivity contribution in [1.82, 2.24) is 19.7 Å². The number of aliphatic hydroxyl groups is 1. The van der Waals surface area contributed by atoms with Gasteiger partial charge in [0.15, 0.2) is 0 Å². The van der Waals surface area contributed by atoms with E-state index in [2.05, 4.69) is 26.6 Å². The van der Waals surface area contributed by atoms with Crippen molar-refractivity contribution >= 4 is 0 Å². The van der Waals surface area contributed by atoms with Crippen LogP contribution < -0.4 is 0 Å². The smallest absolute Gasteiger partial charge is 0.133 e. The van der Waals surface area contributed by atoms with Gasteiger partial charge in [-0.25, -0.2) is 0 Å². The van der Waals surface area contributed by atoms with Crippen molar-refractivity contribution in [2.45, 2.75) is 51.5 Å². The molecule has 2 unspecified atom stereocenters. The molecule has 0 aromatic carbocycles. The van der Waals surface area contributed by atoms with E-state index in [-0.39, 0.29) is 12.6 Å². The van der Waals surface area contributed by atoms with E-state index in [0.717, 1.165) is 43.9 Å². The highest BCUT2D eigenvalue weighted by molar-refractivity contribution is 5.03. The maximum absolute atomic E-state index is 9.58. The van der Waals surface area contributed by atoms with Crippen LogP contribution in [0.3, 0.4) is 0 Å². The molecule has 1 aromatic heterocycles. The molecular formula is C15H26N4O. The molecule has 0 amide bonds. The summed E-state index contributed by atoms with van der Waals surface area (Å²) in [6.07, 6.45) is 6.79. The Hall–Kier alpha value is -0.940. The molecule has 5 nitrogen and oxygen atoms in total. The molecule has 3 heterocycles. The Labute approximate surface area is 121 Å². The zero-order chi connectivity index (χ0) is 13.9. The van der Waals surface area contributed by atoms with Gasteiger partial charge in [-0.2, -0.15) is 0 Å². The second kappa shape index (κ2) is 6.22. The molecule has 1 aromatic rings. The van der Waals surface area contributed by atoms with Crippen LogP contribution in [-0.2, 0) is 12.8 Å². The lowest BCUT2D eigenvalue weighted by molar-refractivity contribution is 0.174. The maximum Gasteiger partial charge on any atom is 0.133 e. The van der Waals surface area contributed by atoms with Gasteiger partial charge in [0.1, 0.15) is 11.6 Å². The summed E-state index contributed by atoms with van der Waals surface area (Å²) < 4.78 is 2.23. The van der Waals surface area contributed by atoms with Gasteiger partial charge in [0.2, 0.25) is 0 Å². The summed E-state index contributed by atoms with van der Waals surface area (Å²) in [7, 11) is 0. The Bertz CT molecular complexity index is 445. The zero-order valence-corrected chi connectivity index (χ0v) is 12.5. The number of aryl methyl sites for hydroxylation is 1. The molecular weight excluding hydrogens is 252 g/mol. The van der Waals surface area contributed by atoms with E-state index in [0.29, 0.717) is 5.92 Å². The second-order valence-electron chi connectivity index (χ2n) is 6.24. The normalized spacial score (nSPS) is 27.5. The van der Waals surface area contributed by atoms with Crippen LogP contribution in [0.4, 0.5) is 0 Å². The Morgan fingerprint density at radius 2 is 2.15 bits per heavy atom. The van der Waals surface area contributed by atoms with Crippen LogP contribution in [0.5, 0.6) is 0 Å². The van der Waals surface area contributed by atoms with Gasteiger partial charge in [-0.05, 0) is 44.7 Å². The fourth-order valence-corrected chi connectivity index (χ4v) is 3.75. The highest BCUT2D eigenvalue weighted by Crippen LogP contribution is 2.27. The predicted octanol–water partition coefficient (Wildman–Crippen LogP) is 1.42. The van der Waals surface area contributed by atoms with Gasteiger partial charge in [-0.1, -0.05) is 6.92 Å². The van der Waals surface area contributed by atoms with Gasteiger partial charge in [-0.15, -0.1) is 10.2 Å². The monoisotopic (exact) mass is 278 g/mol. The van der Waals surface area contributed by atoms with Crippen LogP contribution >= 0.6 is 0 Å². The first-order valence-corrected chi connectivity index (χ1v) is 8.07. The molecule has 20 heavy (non-hydrogen) atoms. The van der Waals surface area contributed by atoms with Crippen molar-refractivity contribution in [3.05, 3.63) is 11.6 Å². The molecule has 0 aliphatic carbocycles. The number of hydrogen-bond donors (Lipinski definition) is 1. The number of piperidine rings is 1. The lowest BCUT2D eigenvalue weighted by atomic mass is 9.94. The van der Waals surface area contributed by atoms with Crippen molar-refractivity contribution in [2.24, 2.45) is 5.92 Å². The molecule has 0 spiro atoms. The first-order chi connectivity index (χ1) is 9.81. The van der Waals surface area contributed by atoms with Crippen LogP contribution in [0, 0.1) is 5.92 Å². The van der Waals surface area contributed by atoms with Crippen LogP contribution in [0.2, 0.25) is 0 Å². The average molecular weight is 278 g/mol. The van der Waals surface area contributed by atoms with E-state index in [1.54, 1.807) is 0 Å². The molecule has 0 bridgehead atoms. The molecule has 3 rings (SSSR count). The molecule has 2 atom stereocenters. The summed E-state index contributed by atoms with van der Waals surface area (Å²) in [4.78, 5) is 2.53. The van der Waals surface area contributed by atoms with E-state index < -0.39 is 0 Å². The molecule has 1 N–H and O–H groups in total. The fraction of sp³-hybridized carbons (Fsp3) is 0.867.